The van der Waals surface area contributed by atoms with Gasteiger partial charge in [-0.05, 0) is 24.3 Å². The van der Waals surface area contributed by atoms with Crippen LogP contribution in [-0.4, -0.2) is 39.0 Å². The number of alkyl halides is 2. The Labute approximate surface area is 173 Å². The number of nitrogens with zero attached hydrogens (tertiary/aromatic N) is 5. The summed E-state index contributed by atoms with van der Waals surface area (Å²) in [6, 6.07) is 5.57. The third-order valence-electron chi connectivity index (χ3n) is 4.96. The van der Waals surface area contributed by atoms with Gasteiger partial charge >= 0.3 is 0 Å². The van der Waals surface area contributed by atoms with E-state index in [0.717, 1.165) is 29.4 Å². The summed E-state index contributed by atoms with van der Waals surface area (Å²) in [4.78, 5) is 22.1. The fourth-order valence-electron chi connectivity index (χ4n) is 3.40. The number of rotatable bonds is 4. The van der Waals surface area contributed by atoms with Crippen LogP contribution in [0, 0.1) is 11.6 Å². The molecule has 4 rings (SSSR count). The smallest absolute Gasteiger partial charge is 0.266 e. The van der Waals surface area contributed by atoms with E-state index < -0.39 is 35.1 Å². The summed E-state index contributed by atoms with van der Waals surface area (Å²) in [6.07, 6.45) is 0.512. The number of hydrogen-bond donors (Lipinski definition) is 1. The van der Waals surface area contributed by atoms with E-state index in [0.29, 0.717) is 6.07 Å². The van der Waals surface area contributed by atoms with Crippen molar-refractivity contribution in [1.29, 1.82) is 0 Å². The second-order valence-corrected chi connectivity index (χ2v) is 6.77. The molecular formula is C20H14F4N6O. The highest BCUT2D eigenvalue weighted by Gasteiger charge is 2.51. The number of carbonyl (C=O) groups is 1. The molecule has 0 aliphatic carbocycles. The molecule has 2 N–H and O–H groups in total. The number of guanidine groups is 1. The molecule has 1 atom stereocenters. The number of aromatic nitrogens is 3. The second-order valence-electron chi connectivity index (χ2n) is 6.77. The highest BCUT2D eigenvalue weighted by molar-refractivity contribution is 6.09. The number of benzene rings is 1. The van der Waals surface area contributed by atoms with E-state index in [9.17, 15) is 18.0 Å². The summed E-state index contributed by atoms with van der Waals surface area (Å²) in [5.74, 6) is -3.15. The number of halogens is 4. The van der Waals surface area contributed by atoms with Gasteiger partial charge in [-0.25, -0.2) is 22.6 Å². The first-order chi connectivity index (χ1) is 14.8. The molecule has 11 heteroatoms. The molecule has 158 valence electrons. The number of nitrogens with two attached hydrogens (primary N) is 1. The SMILES string of the molecule is CN1C(=O)C(c2cncc(C(F)F)c2)(c2cc(-c3cccnn3)c(F)cc2F)N=C1N. The molecule has 2 aromatic heterocycles. The lowest BCUT2D eigenvalue weighted by Crippen LogP contribution is -2.41. The van der Waals surface area contributed by atoms with Crippen molar-refractivity contribution in [3.8, 4) is 11.3 Å². The minimum atomic E-state index is -2.90. The summed E-state index contributed by atoms with van der Waals surface area (Å²) in [6.45, 7) is 0. The average molecular weight is 430 g/mol. The summed E-state index contributed by atoms with van der Waals surface area (Å²) < 4.78 is 56.3. The molecule has 31 heavy (non-hydrogen) atoms. The van der Waals surface area contributed by atoms with Crippen molar-refractivity contribution in [1.82, 2.24) is 20.1 Å². The van der Waals surface area contributed by atoms with Crippen molar-refractivity contribution in [3.63, 3.8) is 0 Å². The summed E-state index contributed by atoms with van der Waals surface area (Å²) in [5.41, 5.74) is 2.53. The molecule has 0 saturated carbocycles. The lowest BCUT2D eigenvalue weighted by molar-refractivity contribution is -0.129. The number of hydrogen-bond acceptors (Lipinski definition) is 6. The lowest BCUT2D eigenvalue weighted by atomic mass is 9.81. The number of pyridine rings is 1. The molecule has 0 saturated heterocycles. The Kier molecular flexibility index (Phi) is 4.88. The van der Waals surface area contributed by atoms with Gasteiger partial charge in [0.15, 0.2) is 11.5 Å². The molecule has 3 aromatic rings. The Morgan fingerprint density at radius 2 is 1.90 bits per heavy atom. The van der Waals surface area contributed by atoms with Gasteiger partial charge in [-0.2, -0.15) is 10.2 Å². The van der Waals surface area contributed by atoms with E-state index in [1.54, 1.807) is 0 Å². The summed E-state index contributed by atoms with van der Waals surface area (Å²) >= 11 is 0. The second kappa shape index (κ2) is 7.42. The molecule has 1 aromatic carbocycles. The fraction of sp³-hybridized carbons (Fsp3) is 0.150. The maximum Gasteiger partial charge on any atom is 0.266 e. The highest BCUT2D eigenvalue weighted by atomic mass is 19.3. The zero-order valence-corrected chi connectivity index (χ0v) is 15.9. The van der Waals surface area contributed by atoms with E-state index in [1.165, 1.54) is 25.4 Å². The molecule has 0 fully saturated rings. The first-order valence-electron chi connectivity index (χ1n) is 8.90. The van der Waals surface area contributed by atoms with E-state index in [2.05, 4.69) is 20.2 Å². The van der Waals surface area contributed by atoms with Gasteiger partial charge in [0, 0.05) is 54.0 Å². The van der Waals surface area contributed by atoms with Gasteiger partial charge in [-0.1, -0.05) is 0 Å². The Balaban J connectivity index is 2.03. The molecule has 1 aliphatic rings. The first-order valence-corrected chi connectivity index (χ1v) is 8.90. The number of carbonyl (C=O) groups excluding carboxylic acids is 1. The zero-order chi connectivity index (χ0) is 22.3. The van der Waals surface area contributed by atoms with Gasteiger partial charge < -0.3 is 5.73 Å². The summed E-state index contributed by atoms with van der Waals surface area (Å²) in [7, 11) is 1.30. The van der Waals surface area contributed by atoms with Gasteiger partial charge in [-0.3, -0.25) is 14.7 Å². The van der Waals surface area contributed by atoms with Crippen molar-refractivity contribution in [2.75, 3.05) is 7.05 Å². The van der Waals surface area contributed by atoms with Crippen molar-refractivity contribution >= 4 is 11.9 Å². The molecule has 0 bridgehead atoms. The van der Waals surface area contributed by atoms with E-state index in [4.69, 9.17) is 5.73 Å². The molecule has 1 aliphatic heterocycles. The number of amides is 1. The van der Waals surface area contributed by atoms with E-state index >= 15 is 4.39 Å². The lowest BCUT2D eigenvalue weighted by Gasteiger charge is -2.27. The van der Waals surface area contributed by atoms with Crippen molar-refractivity contribution in [2.24, 2.45) is 10.7 Å². The quantitative estimate of drug-likeness (QED) is 0.642. The monoisotopic (exact) mass is 430 g/mol. The molecule has 1 amide bonds. The van der Waals surface area contributed by atoms with Gasteiger partial charge in [0.05, 0.1) is 5.69 Å². The van der Waals surface area contributed by atoms with Crippen LogP contribution in [0.1, 0.15) is 23.1 Å². The molecule has 0 spiro atoms. The summed E-state index contributed by atoms with van der Waals surface area (Å²) in [5, 5.41) is 7.48. The largest absolute Gasteiger partial charge is 0.369 e. The average Bonchev–Trinajstić information content (AvgIpc) is 2.99. The molecule has 1 unspecified atom stereocenters. The maximum atomic E-state index is 15.1. The van der Waals surface area contributed by atoms with Gasteiger partial charge in [0.2, 0.25) is 0 Å². The van der Waals surface area contributed by atoms with E-state index in [-0.39, 0.29) is 28.3 Å². The first kappa shape index (κ1) is 20.4. The predicted octanol–water partition coefficient (Wildman–Crippen LogP) is 2.78. The van der Waals surface area contributed by atoms with Crippen LogP contribution >= 0.6 is 0 Å². The van der Waals surface area contributed by atoms with Crippen molar-refractivity contribution in [2.45, 2.75) is 12.0 Å². The van der Waals surface area contributed by atoms with Crippen LogP contribution in [0.5, 0.6) is 0 Å². The molecule has 0 radical (unpaired) electrons. The van der Waals surface area contributed by atoms with E-state index in [1.807, 2.05) is 0 Å². The van der Waals surface area contributed by atoms with Crippen LogP contribution in [0.15, 0.2) is 53.9 Å². The third kappa shape index (κ3) is 3.18. The molecular weight excluding hydrogens is 416 g/mol. The van der Waals surface area contributed by atoms with Crippen LogP contribution in [-0.2, 0) is 10.3 Å². The predicted molar refractivity (Wildman–Crippen MR) is 102 cm³/mol. The topological polar surface area (TPSA) is 97.4 Å². The Bertz CT molecular complexity index is 1200. The normalized spacial score (nSPS) is 18.6. The number of likely N-dealkylation sites (N-methyl/N-ethyl adjacent to an activating group) is 1. The van der Waals surface area contributed by atoms with Crippen LogP contribution in [0.2, 0.25) is 0 Å². The van der Waals surface area contributed by atoms with Crippen LogP contribution in [0.4, 0.5) is 17.6 Å². The minimum Gasteiger partial charge on any atom is -0.369 e. The van der Waals surface area contributed by atoms with Crippen LogP contribution < -0.4 is 5.73 Å². The Hall–Kier alpha value is -3.89. The van der Waals surface area contributed by atoms with Crippen molar-refractivity contribution < 1.29 is 22.4 Å². The fourth-order valence-corrected chi connectivity index (χ4v) is 3.40. The van der Waals surface area contributed by atoms with Gasteiger partial charge in [0.25, 0.3) is 12.3 Å². The molecule has 3 heterocycles. The Morgan fingerprint density at radius 3 is 2.52 bits per heavy atom. The van der Waals surface area contributed by atoms with Crippen LogP contribution in [0.25, 0.3) is 11.3 Å². The third-order valence-corrected chi connectivity index (χ3v) is 4.96. The van der Waals surface area contributed by atoms with Crippen molar-refractivity contribution in [3.05, 3.63) is 77.2 Å². The van der Waals surface area contributed by atoms with Gasteiger partial charge in [-0.15, -0.1) is 0 Å². The van der Waals surface area contributed by atoms with Gasteiger partial charge in [0.1, 0.15) is 11.6 Å². The maximum absolute atomic E-state index is 15.1. The number of aliphatic imine (C=N–C) groups is 1. The highest BCUT2D eigenvalue weighted by Crippen LogP contribution is 2.42. The standard InChI is InChI=1S/C20H14F4N6O/c1-30-18(31)20(28-19(30)25,11-5-10(17(23)24)8-26-9-11)13-6-12(14(21)7-15(13)22)16-3-2-4-27-29-16/h2-9,17H,1H3,(H2,25,28). The molecule has 7 nitrogen and oxygen atoms in total. The zero-order valence-electron chi connectivity index (χ0n) is 15.9. The Morgan fingerprint density at radius 1 is 1.13 bits per heavy atom. The minimum absolute atomic E-state index is 0.0756. The van der Waals surface area contributed by atoms with Crippen LogP contribution in [0.3, 0.4) is 0 Å².